The zero-order chi connectivity index (χ0) is 14.6. The lowest BCUT2D eigenvalue weighted by atomic mass is 10.2. The van der Waals surface area contributed by atoms with Gasteiger partial charge in [0.1, 0.15) is 0 Å². The summed E-state index contributed by atoms with van der Waals surface area (Å²) in [5.41, 5.74) is 0. The molecule has 0 aromatic rings. The summed E-state index contributed by atoms with van der Waals surface area (Å²) >= 11 is 0. The second kappa shape index (κ2) is 13.4. The minimum atomic E-state index is 0. The summed E-state index contributed by atoms with van der Waals surface area (Å²) in [4.78, 5) is 6.85. The Morgan fingerprint density at radius 1 is 1.14 bits per heavy atom. The third kappa shape index (κ3) is 9.34. The molecule has 0 unspecified atom stereocenters. The smallest absolute Gasteiger partial charge is 0.191 e. The summed E-state index contributed by atoms with van der Waals surface area (Å²) in [6.45, 7) is 9.11. The van der Waals surface area contributed by atoms with Crippen LogP contribution in [-0.2, 0) is 0 Å². The Labute approximate surface area is 147 Å². The molecule has 0 saturated carbocycles. The van der Waals surface area contributed by atoms with E-state index in [2.05, 4.69) is 46.5 Å². The second-order valence-corrected chi connectivity index (χ2v) is 5.48. The molecule has 0 bridgehead atoms. The molecule has 1 aliphatic rings. The number of rotatable bonds is 9. The fourth-order valence-electron chi connectivity index (χ4n) is 2.60. The van der Waals surface area contributed by atoms with E-state index in [-0.39, 0.29) is 24.0 Å². The van der Waals surface area contributed by atoms with Crippen molar-refractivity contribution in [2.75, 3.05) is 33.2 Å². The first kappa shape index (κ1) is 20.7. The van der Waals surface area contributed by atoms with Crippen molar-refractivity contribution in [1.82, 2.24) is 15.5 Å². The predicted molar refractivity (Wildman–Crippen MR) is 104 cm³/mol. The Morgan fingerprint density at radius 3 is 2.29 bits per heavy atom. The second-order valence-electron chi connectivity index (χ2n) is 5.48. The molecule has 0 amide bonds. The normalized spacial score (nSPS) is 15.3. The van der Waals surface area contributed by atoms with Crippen molar-refractivity contribution in [3.05, 3.63) is 12.2 Å². The highest BCUT2D eigenvalue weighted by Gasteiger charge is 2.11. The van der Waals surface area contributed by atoms with Gasteiger partial charge >= 0.3 is 0 Å². The van der Waals surface area contributed by atoms with Crippen LogP contribution in [0.5, 0.6) is 0 Å². The molecule has 21 heavy (non-hydrogen) atoms. The summed E-state index contributed by atoms with van der Waals surface area (Å²) in [5, 5.41) is 6.89. The Bertz CT molecular complexity index is 291. The molecule has 0 aromatic carbocycles. The van der Waals surface area contributed by atoms with Crippen LogP contribution in [0.15, 0.2) is 17.1 Å². The maximum absolute atomic E-state index is 4.29. The van der Waals surface area contributed by atoms with Crippen molar-refractivity contribution in [3.63, 3.8) is 0 Å². The number of hydrogen-bond donors (Lipinski definition) is 2. The number of nitrogens with zero attached hydrogens (tertiary/aromatic N) is 2. The molecule has 0 atom stereocenters. The number of halogens is 1. The quantitative estimate of drug-likeness (QED) is 0.203. The van der Waals surface area contributed by atoms with Crippen molar-refractivity contribution in [2.24, 2.45) is 4.99 Å². The van der Waals surface area contributed by atoms with E-state index >= 15 is 0 Å². The number of aliphatic imine (C=N–C) groups is 1. The van der Waals surface area contributed by atoms with Crippen LogP contribution in [0.2, 0.25) is 0 Å². The zero-order valence-corrected chi connectivity index (χ0v) is 16.2. The van der Waals surface area contributed by atoms with E-state index < -0.39 is 0 Å². The van der Waals surface area contributed by atoms with E-state index in [4.69, 9.17) is 0 Å². The average Bonchev–Trinajstić information content (AvgIpc) is 2.95. The van der Waals surface area contributed by atoms with Crippen molar-refractivity contribution in [1.29, 1.82) is 0 Å². The van der Waals surface area contributed by atoms with E-state index in [0.29, 0.717) is 6.04 Å². The number of nitrogens with one attached hydrogen (secondary N) is 2. The summed E-state index contributed by atoms with van der Waals surface area (Å²) in [6.07, 6.45) is 10.3. The van der Waals surface area contributed by atoms with Gasteiger partial charge in [0, 0.05) is 19.6 Å². The molecule has 0 heterocycles. The zero-order valence-electron chi connectivity index (χ0n) is 13.9. The third-order valence-electron chi connectivity index (χ3n) is 3.60. The topological polar surface area (TPSA) is 39.7 Å². The lowest BCUT2D eigenvalue weighted by Crippen LogP contribution is -2.43. The van der Waals surface area contributed by atoms with E-state index in [1.807, 2.05) is 7.05 Å². The first-order valence-corrected chi connectivity index (χ1v) is 8.14. The SMILES string of the molecule is CCCN(CCC)CCCNC(=NC)NC1CC=CC1.I. The molecule has 2 N–H and O–H groups in total. The highest BCUT2D eigenvalue weighted by Crippen LogP contribution is 2.08. The summed E-state index contributed by atoms with van der Waals surface area (Å²) in [5.74, 6) is 0.941. The molecule has 0 aromatic heterocycles. The first-order valence-electron chi connectivity index (χ1n) is 8.14. The van der Waals surface area contributed by atoms with Gasteiger partial charge in [-0.1, -0.05) is 26.0 Å². The lowest BCUT2D eigenvalue weighted by Gasteiger charge is -2.21. The molecule has 124 valence electrons. The molecular formula is C16H33IN4. The fraction of sp³-hybridized carbons (Fsp3) is 0.812. The van der Waals surface area contributed by atoms with Gasteiger partial charge in [0.25, 0.3) is 0 Å². The Hall–Kier alpha value is -0.300. The fourth-order valence-corrected chi connectivity index (χ4v) is 2.60. The van der Waals surface area contributed by atoms with Gasteiger partial charge in [-0.05, 0) is 51.7 Å². The summed E-state index contributed by atoms with van der Waals surface area (Å²) in [7, 11) is 1.85. The molecule has 1 aliphatic carbocycles. The average molecular weight is 408 g/mol. The van der Waals surface area contributed by atoms with Crippen LogP contribution < -0.4 is 10.6 Å². The van der Waals surface area contributed by atoms with Gasteiger partial charge in [-0.15, -0.1) is 24.0 Å². The molecule has 0 spiro atoms. The largest absolute Gasteiger partial charge is 0.356 e. The Morgan fingerprint density at radius 2 is 1.76 bits per heavy atom. The van der Waals surface area contributed by atoms with Crippen molar-refractivity contribution in [2.45, 2.75) is 52.0 Å². The van der Waals surface area contributed by atoms with Crippen LogP contribution in [-0.4, -0.2) is 50.1 Å². The third-order valence-corrected chi connectivity index (χ3v) is 3.60. The molecular weight excluding hydrogens is 375 g/mol. The summed E-state index contributed by atoms with van der Waals surface area (Å²) in [6, 6.07) is 0.526. The predicted octanol–water partition coefficient (Wildman–Crippen LogP) is 3.00. The lowest BCUT2D eigenvalue weighted by molar-refractivity contribution is 0.271. The van der Waals surface area contributed by atoms with Gasteiger partial charge in [0.05, 0.1) is 0 Å². The van der Waals surface area contributed by atoms with Gasteiger partial charge < -0.3 is 15.5 Å². The molecule has 4 nitrogen and oxygen atoms in total. The highest BCUT2D eigenvalue weighted by atomic mass is 127. The molecule has 0 saturated heterocycles. The molecule has 0 aliphatic heterocycles. The first-order chi connectivity index (χ1) is 9.80. The number of hydrogen-bond acceptors (Lipinski definition) is 2. The molecule has 0 radical (unpaired) electrons. The van der Waals surface area contributed by atoms with Gasteiger partial charge in [-0.3, -0.25) is 4.99 Å². The van der Waals surface area contributed by atoms with E-state index in [9.17, 15) is 0 Å². The van der Waals surface area contributed by atoms with E-state index in [0.717, 1.165) is 25.3 Å². The van der Waals surface area contributed by atoms with E-state index in [1.165, 1.54) is 38.9 Å². The maximum atomic E-state index is 4.29. The van der Waals surface area contributed by atoms with Crippen LogP contribution in [0.3, 0.4) is 0 Å². The van der Waals surface area contributed by atoms with Crippen LogP contribution >= 0.6 is 24.0 Å². The van der Waals surface area contributed by atoms with Gasteiger partial charge in [-0.2, -0.15) is 0 Å². The van der Waals surface area contributed by atoms with Gasteiger partial charge in [0.15, 0.2) is 5.96 Å². The Kier molecular flexibility index (Phi) is 13.2. The maximum Gasteiger partial charge on any atom is 0.191 e. The standard InChI is InChI=1S/C16H32N4.HI/c1-4-12-20(13-5-2)14-8-11-18-16(17-3)19-15-9-6-7-10-15;/h6-7,15H,4-5,8-14H2,1-3H3,(H2,17,18,19);1H. The highest BCUT2D eigenvalue weighted by molar-refractivity contribution is 14.0. The monoisotopic (exact) mass is 408 g/mol. The molecule has 5 heteroatoms. The van der Waals surface area contributed by atoms with Crippen LogP contribution in [0, 0.1) is 0 Å². The Balaban J connectivity index is 0.00000400. The van der Waals surface area contributed by atoms with Gasteiger partial charge in [-0.25, -0.2) is 0 Å². The van der Waals surface area contributed by atoms with Crippen molar-refractivity contribution in [3.8, 4) is 0 Å². The van der Waals surface area contributed by atoms with Crippen LogP contribution in [0.1, 0.15) is 46.0 Å². The minimum absolute atomic E-state index is 0. The van der Waals surface area contributed by atoms with Crippen LogP contribution in [0.4, 0.5) is 0 Å². The minimum Gasteiger partial charge on any atom is -0.356 e. The van der Waals surface area contributed by atoms with Crippen molar-refractivity contribution < 1.29 is 0 Å². The molecule has 0 fully saturated rings. The summed E-state index contributed by atoms with van der Waals surface area (Å²) < 4.78 is 0. The van der Waals surface area contributed by atoms with E-state index in [1.54, 1.807) is 0 Å². The van der Waals surface area contributed by atoms with Gasteiger partial charge in [0.2, 0.25) is 0 Å². The molecule has 1 rings (SSSR count). The van der Waals surface area contributed by atoms with Crippen molar-refractivity contribution >= 4 is 29.9 Å². The number of guanidine groups is 1. The van der Waals surface area contributed by atoms with Crippen LogP contribution in [0.25, 0.3) is 0 Å².